The number of benzene rings is 2. The summed E-state index contributed by atoms with van der Waals surface area (Å²) in [5, 5.41) is 4.74. The molecule has 37 heavy (non-hydrogen) atoms. The van der Waals surface area contributed by atoms with Gasteiger partial charge in [-0.15, -0.1) is 0 Å². The topological polar surface area (TPSA) is 85.5 Å². The van der Waals surface area contributed by atoms with Gasteiger partial charge in [-0.05, 0) is 36.2 Å². The van der Waals surface area contributed by atoms with Gasteiger partial charge >= 0.3 is 6.09 Å². The van der Waals surface area contributed by atoms with Crippen LogP contribution in [0.15, 0.2) is 64.1 Å². The fraction of sp³-hybridized carbons (Fsp3) is 0.308. The van der Waals surface area contributed by atoms with Crippen molar-refractivity contribution in [2.45, 2.75) is 26.1 Å². The first-order valence-corrected chi connectivity index (χ1v) is 13.1. The second-order valence-corrected chi connectivity index (χ2v) is 10.4. The molecule has 1 saturated heterocycles. The number of halogens is 2. The normalized spacial score (nSPS) is 15.8. The van der Waals surface area contributed by atoms with Crippen LogP contribution in [0.3, 0.4) is 0 Å². The quantitative estimate of drug-likeness (QED) is 0.322. The van der Waals surface area contributed by atoms with Crippen LogP contribution in [0.4, 0.5) is 10.5 Å². The Hall–Kier alpha value is -3.37. The molecule has 0 saturated carbocycles. The maximum Gasteiger partial charge on any atom is 0.410 e. The number of ether oxygens (including phenoxy) is 1. The predicted octanol–water partition coefficient (Wildman–Crippen LogP) is 4.44. The summed E-state index contributed by atoms with van der Waals surface area (Å²) in [6.07, 6.45) is 3.20. The number of carbonyl (C=O) groups excluding carboxylic acids is 1. The molecule has 0 radical (unpaired) electrons. The second kappa shape index (κ2) is 10.5. The molecule has 192 valence electrons. The third-order valence-corrected chi connectivity index (χ3v) is 7.21. The number of fused-ring (bicyclic) bond motifs is 1. The van der Waals surface area contributed by atoms with Crippen LogP contribution < -0.4 is 10.5 Å². The van der Waals surface area contributed by atoms with Crippen LogP contribution in [0.1, 0.15) is 18.1 Å². The van der Waals surface area contributed by atoms with E-state index in [2.05, 4.69) is 30.9 Å². The van der Waals surface area contributed by atoms with Crippen molar-refractivity contribution in [1.82, 2.24) is 24.2 Å². The lowest BCUT2D eigenvalue weighted by Gasteiger charge is -2.40. The van der Waals surface area contributed by atoms with Gasteiger partial charge in [0.05, 0.1) is 23.8 Å². The highest BCUT2D eigenvalue weighted by Crippen LogP contribution is 2.31. The van der Waals surface area contributed by atoms with E-state index in [-0.39, 0.29) is 36.1 Å². The van der Waals surface area contributed by atoms with Gasteiger partial charge in [0.1, 0.15) is 12.1 Å². The monoisotopic (exact) mass is 584 g/mol. The van der Waals surface area contributed by atoms with Crippen LogP contribution >= 0.6 is 27.5 Å². The Bertz CT molecular complexity index is 1510. The van der Waals surface area contributed by atoms with Crippen molar-refractivity contribution in [1.29, 1.82) is 0 Å². The molecule has 5 rings (SSSR count). The summed E-state index contributed by atoms with van der Waals surface area (Å²) >= 11 is 10.1. The Morgan fingerprint density at radius 2 is 1.97 bits per heavy atom. The molecule has 4 aromatic rings. The Labute approximate surface area is 227 Å². The highest BCUT2D eigenvalue weighted by Gasteiger charge is 2.30. The zero-order chi connectivity index (χ0) is 26.1. The summed E-state index contributed by atoms with van der Waals surface area (Å²) in [4.78, 5) is 34.7. The molecular weight excluding hydrogens is 560 g/mol. The molecule has 1 atom stereocenters. The van der Waals surface area contributed by atoms with Gasteiger partial charge in [0.15, 0.2) is 0 Å². The van der Waals surface area contributed by atoms with Crippen LogP contribution in [0.25, 0.3) is 10.9 Å². The van der Waals surface area contributed by atoms with E-state index in [1.807, 2.05) is 56.6 Å². The molecule has 2 aromatic heterocycles. The second-order valence-electron chi connectivity index (χ2n) is 9.14. The van der Waals surface area contributed by atoms with Crippen LogP contribution in [0.5, 0.6) is 0 Å². The number of aryl methyl sites for hydroxylation is 1. The minimum Gasteiger partial charge on any atom is -0.445 e. The number of anilines is 1. The van der Waals surface area contributed by atoms with Gasteiger partial charge in [0.25, 0.3) is 5.56 Å². The molecule has 0 N–H and O–H groups in total. The molecule has 11 heteroatoms. The SMILES string of the molecule is C[C@@H]1CN(c2cc(Br)cc3c(=O)n(Cc4cnn(C)c4)c(Cl)nc23)CCN1C(=O)OCc1ccccc1. The zero-order valence-corrected chi connectivity index (χ0v) is 22.8. The molecule has 0 unspecified atom stereocenters. The molecule has 0 aliphatic carbocycles. The van der Waals surface area contributed by atoms with Gasteiger partial charge in [-0.25, -0.2) is 9.78 Å². The van der Waals surface area contributed by atoms with Gasteiger partial charge < -0.3 is 14.5 Å². The lowest BCUT2D eigenvalue weighted by Crippen LogP contribution is -2.54. The molecule has 2 aromatic carbocycles. The predicted molar refractivity (Wildman–Crippen MR) is 146 cm³/mol. The molecule has 1 fully saturated rings. The first-order chi connectivity index (χ1) is 17.8. The van der Waals surface area contributed by atoms with E-state index in [0.717, 1.165) is 21.3 Å². The molecule has 0 bridgehead atoms. The van der Waals surface area contributed by atoms with Gasteiger partial charge in [-0.2, -0.15) is 5.10 Å². The van der Waals surface area contributed by atoms with Crippen LogP contribution in [-0.2, 0) is 24.9 Å². The zero-order valence-electron chi connectivity index (χ0n) is 20.5. The summed E-state index contributed by atoms with van der Waals surface area (Å²) in [5.41, 5.74) is 2.90. The molecular formula is C26H26BrClN6O3. The first kappa shape index (κ1) is 25.3. The van der Waals surface area contributed by atoms with E-state index < -0.39 is 0 Å². The Kier molecular flexibility index (Phi) is 7.21. The maximum absolute atomic E-state index is 13.4. The van der Waals surface area contributed by atoms with E-state index >= 15 is 0 Å². The van der Waals surface area contributed by atoms with E-state index in [9.17, 15) is 9.59 Å². The van der Waals surface area contributed by atoms with Crippen molar-refractivity contribution >= 4 is 50.2 Å². The lowest BCUT2D eigenvalue weighted by molar-refractivity contribution is 0.0795. The summed E-state index contributed by atoms with van der Waals surface area (Å²) < 4.78 is 9.43. The fourth-order valence-electron chi connectivity index (χ4n) is 4.61. The summed E-state index contributed by atoms with van der Waals surface area (Å²) in [6.45, 7) is 4.10. The van der Waals surface area contributed by atoms with Crippen molar-refractivity contribution in [3.63, 3.8) is 0 Å². The van der Waals surface area contributed by atoms with Crippen LogP contribution in [-0.4, -0.2) is 56.0 Å². The van der Waals surface area contributed by atoms with Crippen LogP contribution in [0.2, 0.25) is 5.28 Å². The molecule has 1 amide bonds. The smallest absolute Gasteiger partial charge is 0.410 e. The van der Waals surface area contributed by atoms with Crippen molar-refractivity contribution in [2.75, 3.05) is 24.5 Å². The van der Waals surface area contributed by atoms with Crippen molar-refractivity contribution < 1.29 is 9.53 Å². The maximum atomic E-state index is 13.4. The largest absolute Gasteiger partial charge is 0.445 e. The number of nitrogens with zero attached hydrogens (tertiary/aromatic N) is 6. The average Bonchev–Trinajstić information content (AvgIpc) is 3.30. The molecule has 1 aliphatic heterocycles. The number of rotatable bonds is 5. The number of hydrogen-bond acceptors (Lipinski definition) is 6. The third kappa shape index (κ3) is 5.35. The van der Waals surface area contributed by atoms with Gasteiger partial charge in [-0.1, -0.05) is 46.3 Å². The van der Waals surface area contributed by atoms with Gasteiger partial charge in [-0.3, -0.25) is 14.0 Å². The van der Waals surface area contributed by atoms with Crippen molar-refractivity contribution in [2.24, 2.45) is 7.05 Å². The number of aromatic nitrogens is 4. The minimum atomic E-state index is -0.338. The summed E-state index contributed by atoms with van der Waals surface area (Å²) in [5.74, 6) is 0. The fourth-order valence-corrected chi connectivity index (χ4v) is 5.28. The van der Waals surface area contributed by atoms with E-state index in [1.165, 1.54) is 4.57 Å². The highest BCUT2D eigenvalue weighted by atomic mass is 79.9. The third-order valence-electron chi connectivity index (χ3n) is 6.46. The van der Waals surface area contributed by atoms with Gasteiger partial charge in [0.2, 0.25) is 5.28 Å². The van der Waals surface area contributed by atoms with Crippen molar-refractivity contribution in [3.8, 4) is 0 Å². The summed E-state index contributed by atoms with van der Waals surface area (Å²) in [6, 6.07) is 13.2. The minimum absolute atomic E-state index is 0.104. The van der Waals surface area contributed by atoms with Crippen LogP contribution in [0, 0.1) is 0 Å². The molecule has 0 spiro atoms. The van der Waals surface area contributed by atoms with E-state index in [0.29, 0.717) is 30.5 Å². The molecule has 1 aliphatic rings. The standard InChI is InChI=1S/C26H26BrClN6O3/c1-17-13-32(8-9-33(17)26(36)37-16-18-6-4-3-5-7-18)22-11-20(27)10-21-23(22)30-25(28)34(24(21)35)15-19-12-29-31(2)14-19/h3-7,10-12,14,17H,8-9,13,15-16H2,1-2H3/t17-/m1/s1. The number of piperazine rings is 1. The Morgan fingerprint density at radius 3 is 2.68 bits per heavy atom. The molecule has 3 heterocycles. The number of amides is 1. The van der Waals surface area contributed by atoms with E-state index in [4.69, 9.17) is 16.3 Å². The van der Waals surface area contributed by atoms with Crippen molar-refractivity contribution in [3.05, 3.63) is 86.1 Å². The lowest BCUT2D eigenvalue weighted by atomic mass is 10.1. The number of hydrogen-bond donors (Lipinski definition) is 0. The highest BCUT2D eigenvalue weighted by molar-refractivity contribution is 9.10. The molecule has 9 nitrogen and oxygen atoms in total. The average molecular weight is 586 g/mol. The Morgan fingerprint density at radius 1 is 1.19 bits per heavy atom. The summed E-state index contributed by atoms with van der Waals surface area (Å²) in [7, 11) is 1.82. The number of carbonyl (C=O) groups is 1. The Balaban J connectivity index is 1.37. The first-order valence-electron chi connectivity index (χ1n) is 11.9. The van der Waals surface area contributed by atoms with Gasteiger partial charge in [0, 0.05) is 49.0 Å². The van der Waals surface area contributed by atoms with E-state index in [1.54, 1.807) is 21.8 Å².